The van der Waals surface area contributed by atoms with Crippen molar-refractivity contribution in [1.29, 1.82) is 0 Å². The first kappa shape index (κ1) is 20.2. The Morgan fingerprint density at radius 2 is 2.12 bits per heavy atom. The number of aromatic nitrogens is 3. The zero-order valence-electron chi connectivity index (χ0n) is 15.1. The predicted octanol–water partition coefficient (Wildman–Crippen LogP) is 2.13. The lowest BCUT2D eigenvalue weighted by Gasteiger charge is -2.22. The molecule has 0 bridgehead atoms. The zero-order valence-corrected chi connectivity index (χ0v) is 16.0. The van der Waals surface area contributed by atoms with Crippen LogP contribution in [0.4, 0.5) is 0 Å². The fourth-order valence-corrected chi connectivity index (χ4v) is 2.90. The van der Waals surface area contributed by atoms with E-state index in [4.69, 9.17) is 4.74 Å². The highest BCUT2D eigenvalue weighted by Gasteiger charge is 2.19. The van der Waals surface area contributed by atoms with Crippen LogP contribution in [0.3, 0.4) is 0 Å². The molecule has 2 N–H and O–H groups in total. The monoisotopic (exact) mass is 379 g/mol. The molecule has 2 heterocycles. The number of benzene rings is 1. The van der Waals surface area contributed by atoms with Gasteiger partial charge in [-0.25, -0.2) is 4.68 Å². The molecule has 1 fully saturated rings. The average molecular weight is 380 g/mol. The summed E-state index contributed by atoms with van der Waals surface area (Å²) in [5, 5.41) is 14.3. The second-order valence-electron chi connectivity index (χ2n) is 6.47. The molecule has 1 saturated heterocycles. The molecule has 1 aromatic heterocycles. The van der Waals surface area contributed by atoms with Gasteiger partial charge in [0.05, 0.1) is 18.8 Å². The molecule has 2 aromatic rings. The van der Waals surface area contributed by atoms with Crippen molar-refractivity contribution in [3.8, 4) is 5.75 Å². The van der Waals surface area contributed by atoms with Crippen molar-refractivity contribution in [2.24, 2.45) is 0 Å². The molecule has 7 nitrogen and oxygen atoms in total. The molecule has 3 rings (SSSR count). The quantitative estimate of drug-likeness (QED) is 0.803. The lowest BCUT2D eigenvalue weighted by atomic mass is 10.1. The highest BCUT2D eigenvalue weighted by Crippen LogP contribution is 2.18. The Labute approximate surface area is 159 Å². The molecule has 0 saturated carbocycles. The van der Waals surface area contributed by atoms with E-state index in [1.165, 1.54) is 0 Å². The summed E-state index contributed by atoms with van der Waals surface area (Å²) in [5.74, 6) is 0.613. The summed E-state index contributed by atoms with van der Waals surface area (Å²) in [6.07, 6.45) is 3.61. The normalized spacial score (nSPS) is 15.8. The number of piperidine rings is 1. The molecule has 1 unspecified atom stereocenters. The van der Waals surface area contributed by atoms with Gasteiger partial charge in [0.15, 0.2) is 5.69 Å². The molecule has 0 radical (unpaired) electrons. The Morgan fingerprint density at radius 3 is 2.85 bits per heavy atom. The fraction of sp³-hybridized carbons (Fsp3) is 0.500. The van der Waals surface area contributed by atoms with Crippen LogP contribution < -0.4 is 15.4 Å². The van der Waals surface area contributed by atoms with Crippen molar-refractivity contribution in [2.45, 2.75) is 38.8 Å². The second kappa shape index (κ2) is 9.54. The van der Waals surface area contributed by atoms with Gasteiger partial charge in [0.25, 0.3) is 5.91 Å². The van der Waals surface area contributed by atoms with Crippen LogP contribution in [0.25, 0.3) is 0 Å². The summed E-state index contributed by atoms with van der Waals surface area (Å²) < 4.78 is 7.68. The van der Waals surface area contributed by atoms with Gasteiger partial charge in [-0.15, -0.1) is 17.5 Å². The number of aryl methyl sites for hydroxylation is 1. The van der Waals surface area contributed by atoms with Crippen molar-refractivity contribution < 1.29 is 9.53 Å². The highest BCUT2D eigenvalue weighted by molar-refractivity contribution is 5.91. The predicted molar refractivity (Wildman–Crippen MR) is 102 cm³/mol. The van der Waals surface area contributed by atoms with Crippen LogP contribution in [0.5, 0.6) is 5.75 Å². The number of carbonyl (C=O) groups excluding carboxylic acids is 1. The lowest BCUT2D eigenvalue weighted by molar-refractivity contribution is 0.0927. The standard InChI is InChI=1S/C18H25N5O2.ClH/c1-13-5-3-4-6-17(13)25-14(2)11-20-18(24)16-12-23(22-21-16)15-7-9-19-10-8-15;/h3-6,12,14-15,19H,7-11H2,1-2H3,(H,20,24);1H. The number of rotatable bonds is 6. The van der Waals surface area contributed by atoms with Crippen LogP contribution in [0, 0.1) is 6.92 Å². The summed E-state index contributed by atoms with van der Waals surface area (Å²) in [5.41, 5.74) is 1.42. The van der Waals surface area contributed by atoms with Gasteiger partial charge in [0.1, 0.15) is 11.9 Å². The van der Waals surface area contributed by atoms with E-state index in [1.54, 1.807) is 6.20 Å². The zero-order chi connectivity index (χ0) is 17.6. The first-order chi connectivity index (χ1) is 12.1. The van der Waals surface area contributed by atoms with E-state index in [2.05, 4.69) is 20.9 Å². The molecule has 8 heteroatoms. The van der Waals surface area contributed by atoms with Gasteiger partial charge in [-0.3, -0.25) is 4.79 Å². The van der Waals surface area contributed by atoms with Crippen molar-refractivity contribution >= 4 is 18.3 Å². The first-order valence-corrected chi connectivity index (χ1v) is 8.76. The first-order valence-electron chi connectivity index (χ1n) is 8.76. The van der Waals surface area contributed by atoms with Crippen LogP contribution >= 0.6 is 12.4 Å². The van der Waals surface area contributed by atoms with E-state index >= 15 is 0 Å². The number of para-hydroxylation sites is 1. The molecular formula is C18H26ClN5O2. The van der Waals surface area contributed by atoms with Gasteiger partial charge in [0.2, 0.25) is 0 Å². The van der Waals surface area contributed by atoms with Gasteiger partial charge in [0, 0.05) is 0 Å². The largest absolute Gasteiger partial charge is 0.489 e. The molecular weight excluding hydrogens is 354 g/mol. The maximum absolute atomic E-state index is 12.3. The van der Waals surface area contributed by atoms with Crippen molar-refractivity contribution in [3.63, 3.8) is 0 Å². The van der Waals surface area contributed by atoms with Gasteiger partial charge >= 0.3 is 0 Å². The van der Waals surface area contributed by atoms with E-state index in [1.807, 2.05) is 42.8 Å². The van der Waals surface area contributed by atoms with Crippen LogP contribution in [0.15, 0.2) is 30.5 Å². The molecule has 142 valence electrons. The summed E-state index contributed by atoms with van der Waals surface area (Å²) in [4.78, 5) is 12.3. The maximum atomic E-state index is 12.3. The summed E-state index contributed by atoms with van der Waals surface area (Å²) >= 11 is 0. The smallest absolute Gasteiger partial charge is 0.273 e. The van der Waals surface area contributed by atoms with E-state index in [9.17, 15) is 4.79 Å². The fourth-order valence-electron chi connectivity index (χ4n) is 2.90. The number of hydrogen-bond donors (Lipinski definition) is 2. The molecule has 1 aromatic carbocycles. The minimum Gasteiger partial charge on any atom is -0.489 e. The van der Waals surface area contributed by atoms with Crippen molar-refractivity contribution in [3.05, 3.63) is 41.7 Å². The van der Waals surface area contributed by atoms with E-state index in [0.717, 1.165) is 37.2 Å². The van der Waals surface area contributed by atoms with Gasteiger partial charge < -0.3 is 15.4 Å². The summed E-state index contributed by atoms with van der Waals surface area (Å²) in [6.45, 7) is 6.28. The Kier molecular flexibility index (Phi) is 7.41. The van der Waals surface area contributed by atoms with Crippen LogP contribution in [-0.4, -0.2) is 46.6 Å². The molecule has 0 aliphatic carbocycles. The Morgan fingerprint density at radius 1 is 1.38 bits per heavy atom. The third-order valence-corrected chi connectivity index (χ3v) is 4.40. The second-order valence-corrected chi connectivity index (χ2v) is 6.47. The topological polar surface area (TPSA) is 81.1 Å². The summed E-state index contributed by atoms with van der Waals surface area (Å²) in [7, 11) is 0. The highest BCUT2D eigenvalue weighted by atomic mass is 35.5. The third kappa shape index (κ3) is 5.19. The van der Waals surface area contributed by atoms with Crippen LogP contribution in [0.2, 0.25) is 0 Å². The number of hydrogen-bond acceptors (Lipinski definition) is 5. The van der Waals surface area contributed by atoms with E-state index in [-0.39, 0.29) is 24.4 Å². The number of carbonyl (C=O) groups is 1. The molecule has 1 amide bonds. The average Bonchev–Trinajstić information content (AvgIpc) is 3.13. The van der Waals surface area contributed by atoms with Gasteiger partial charge in [-0.05, 0) is 51.4 Å². The van der Waals surface area contributed by atoms with Crippen molar-refractivity contribution in [2.75, 3.05) is 19.6 Å². The van der Waals surface area contributed by atoms with Crippen LogP contribution in [-0.2, 0) is 0 Å². The maximum Gasteiger partial charge on any atom is 0.273 e. The van der Waals surface area contributed by atoms with Gasteiger partial charge in [-0.2, -0.15) is 0 Å². The summed E-state index contributed by atoms with van der Waals surface area (Å²) in [6, 6.07) is 8.16. The molecule has 1 aliphatic heterocycles. The lowest BCUT2D eigenvalue weighted by Crippen LogP contribution is -2.34. The minimum absolute atomic E-state index is 0. The van der Waals surface area contributed by atoms with Gasteiger partial charge in [-0.1, -0.05) is 23.4 Å². The molecule has 1 aliphatic rings. The molecule has 26 heavy (non-hydrogen) atoms. The number of ether oxygens (including phenoxy) is 1. The Hall–Kier alpha value is -2.12. The number of nitrogens with zero attached hydrogens (tertiary/aromatic N) is 3. The van der Waals surface area contributed by atoms with Crippen LogP contribution in [0.1, 0.15) is 41.9 Å². The number of amides is 1. The molecule has 0 spiro atoms. The Bertz CT molecular complexity index is 715. The Balaban J connectivity index is 0.00000243. The minimum atomic E-state index is -0.222. The number of nitrogens with one attached hydrogen (secondary N) is 2. The third-order valence-electron chi connectivity index (χ3n) is 4.40. The number of halogens is 1. The van der Waals surface area contributed by atoms with E-state index in [0.29, 0.717) is 18.3 Å². The van der Waals surface area contributed by atoms with E-state index < -0.39 is 0 Å². The molecule has 1 atom stereocenters. The van der Waals surface area contributed by atoms with Crippen molar-refractivity contribution in [1.82, 2.24) is 25.6 Å². The SMILES string of the molecule is Cc1ccccc1OC(C)CNC(=O)c1cn(C2CCNCC2)nn1.Cl.